The molecule has 0 bridgehead atoms. The van der Waals surface area contributed by atoms with Gasteiger partial charge in [-0.3, -0.25) is 14.4 Å². The van der Waals surface area contributed by atoms with Crippen LogP contribution in [-0.4, -0.2) is 35.0 Å². The van der Waals surface area contributed by atoms with E-state index in [2.05, 4.69) is 0 Å². The van der Waals surface area contributed by atoms with E-state index in [0.717, 1.165) is 30.6 Å². The first-order chi connectivity index (χ1) is 17.0. The fourth-order valence-electron chi connectivity index (χ4n) is 3.87. The zero-order valence-corrected chi connectivity index (χ0v) is 22.6. The molecule has 0 aliphatic carbocycles. The molecule has 35 heavy (non-hydrogen) atoms. The second-order valence-electron chi connectivity index (χ2n) is 8.39. The molecule has 2 aromatic carbocycles. The minimum Gasteiger partial charge on any atom is -0.455 e. The third kappa shape index (κ3) is 7.48. The number of carbonyl (C=O) groups is 3. The molecule has 0 spiro atoms. The number of halogens is 3. The van der Waals surface area contributed by atoms with E-state index in [1.165, 1.54) is 11.8 Å². The molecule has 0 radical (unpaired) electrons. The lowest BCUT2D eigenvalue weighted by Crippen LogP contribution is -2.13. The summed E-state index contributed by atoms with van der Waals surface area (Å²) < 4.78 is 6.15. The van der Waals surface area contributed by atoms with E-state index >= 15 is 0 Å². The molecule has 0 saturated carbocycles. The molecule has 3 rings (SSSR count). The Morgan fingerprint density at radius 1 is 0.686 bits per heavy atom. The predicted molar refractivity (Wildman–Crippen MR) is 144 cm³/mol. The summed E-state index contributed by atoms with van der Waals surface area (Å²) >= 11 is 18.7. The summed E-state index contributed by atoms with van der Waals surface area (Å²) in [6.45, 7) is 0. The zero-order valence-electron chi connectivity index (χ0n) is 19.5. The Kier molecular flexibility index (Phi) is 11.4. The number of fused-ring (bicyclic) bond motifs is 2. The second-order valence-corrected chi connectivity index (χ2v) is 10.6. The lowest BCUT2D eigenvalue weighted by atomic mass is 9.94. The van der Waals surface area contributed by atoms with Crippen molar-refractivity contribution in [3.8, 4) is 11.5 Å². The lowest BCUT2D eigenvalue weighted by molar-refractivity contribution is 0.0944. The Hall–Kier alpha value is -1.53. The quantitative estimate of drug-likeness (QED) is 0.107. The Balaban J connectivity index is 1.90. The highest BCUT2D eigenvalue weighted by Gasteiger charge is 2.28. The van der Waals surface area contributed by atoms with Crippen LogP contribution in [0.2, 0.25) is 0 Å². The van der Waals surface area contributed by atoms with Crippen LogP contribution in [0, 0.1) is 0 Å². The number of carbonyl (C=O) groups excluding carboxylic acids is 3. The van der Waals surface area contributed by atoms with Gasteiger partial charge in [0.1, 0.15) is 11.5 Å². The summed E-state index contributed by atoms with van der Waals surface area (Å²) in [7, 11) is 0. The van der Waals surface area contributed by atoms with Crippen molar-refractivity contribution < 1.29 is 19.1 Å². The summed E-state index contributed by atoms with van der Waals surface area (Å²) in [5, 5.41) is 0. The minimum absolute atomic E-state index is 0.0466. The van der Waals surface area contributed by atoms with Gasteiger partial charge in [0.25, 0.3) is 0 Å². The lowest BCUT2D eigenvalue weighted by Gasteiger charge is -2.23. The molecular weight excluding hydrogens is 527 g/mol. The smallest absolute Gasteiger partial charge is 0.164 e. The fraction of sp³-hybridized carbons (Fsp3) is 0.444. The van der Waals surface area contributed by atoms with Gasteiger partial charge in [-0.25, -0.2) is 0 Å². The van der Waals surface area contributed by atoms with Crippen LogP contribution in [0.4, 0.5) is 0 Å². The van der Waals surface area contributed by atoms with E-state index in [4.69, 9.17) is 39.5 Å². The van der Waals surface area contributed by atoms with Gasteiger partial charge >= 0.3 is 0 Å². The van der Waals surface area contributed by atoms with Gasteiger partial charge in [0.2, 0.25) is 0 Å². The first kappa shape index (κ1) is 28.0. The molecule has 2 aromatic rings. The molecule has 8 heteroatoms. The highest BCUT2D eigenvalue weighted by Crippen LogP contribution is 2.50. The SMILES string of the molecule is O=C(CCCCCl)c1ccc2c(c1)Oc1ccc(C(=O)CCCCCl)c(C(=O)CCCCCl)c1S2. The van der Waals surface area contributed by atoms with Crippen molar-refractivity contribution >= 4 is 63.9 Å². The van der Waals surface area contributed by atoms with Gasteiger partial charge in [0.05, 0.1) is 9.79 Å². The van der Waals surface area contributed by atoms with Crippen LogP contribution >= 0.6 is 46.6 Å². The van der Waals surface area contributed by atoms with Crippen LogP contribution in [0.3, 0.4) is 0 Å². The van der Waals surface area contributed by atoms with Crippen molar-refractivity contribution in [1.29, 1.82) is 0 Å². The van der Waals surface area contributed by atoms with Crippen molar-refractivity contribution in [2.75, 3.05) is 17.6 Å². The summed E-state index contributed by atoms with van der Waals surface area (Å²) in [6, 6.07) is 8.80. The highest BCUT2D eigenvalue weighted by molar-refractivity contribution is 7.99. The molecule has 1 aliphatic rings. The molecule has 1 aliphatic heterocycles. The summed E-state index contributed by atoms with van der Waals surface area (Å²) in [5.74, 6) is 2.52. The van der Waals surface area contributed by atoms with Crippen molar-refractivity contribution in [2.24, 2.45) is 0 Å². The Morgan fingerprint density at radius 3 is 1.91 bits per heavy atom. The van der Waals surface area contributed by atoms with Crippen molar-refractivity contribution in [3.05, 3.63) is 47.0 Å². The van der Waals surface area contributed by atoms with E-state index in [-0.39, 0.29) is 17.3 Å². The Morgan fingerprint density at radius 2 is 1.29 bits per heavy atom. The molecule has 0 aromatic heterocycles. The Bertz CT molecular complexity index is 1070. The van der Waals surface area contributed by atoms with Crippen LogP contribution in [-0.2, 0) is 0 Å². The summed E-state index contributed by atoms with van der Waals surface area (Å²) in [4.78, 5) is 40.3. The monoisotopic (exact) mass is 554 g/mol. The molecule has 1 heterocycles. The maximum Gasteiger partial charge on any atom is 0.164 e. The van der Waals surface area contributed by atoms with E-state index < -0.39 is 0 Å². The Labute approximate surface area is 226 Å². The van der Waals surface area contributed by atoms with Gasteiger partial charge in [0.15, 0.2) is 17.3 Å². The van der Waals surface area contributed by atoms with E-state index in [0.29, 0.717) is 82.8 Å². The van der Waals surface area contributed by atoms with Crippen LogP contribution in [0.5, 0.6) is 11.5 Å². The standard InChI is InChI=1S/C27H29Cl3O4S/c28-14-4-1-7-20(31)18-10-13-25-24(17-18)34-23-12-11-19(21(32)8-2-5-15-29)26(27(23)35-25)22(33)9-3-6-16-30/h10-13,17H,1-9,14-16H2. The van der Waals surface area contributed by atoms with E-state index in [9.17, 15) is 14.4 Å². The minimum atomic E-state index is -0.0849. The fourth-order valence-corrected chi connectivity index (χ4v) is 5.53. The summed E-state index contributed by atoms with van der Waals surface area (Å²) in [5.41, 5.74) is 1.44. The van der Waals surface area contributed by atoms with Crippen LogP contribution in [0.1, 0.15) is 88.9 Å². The third-order valence-electron chi connectivity index (χ3n) is 5.76. The van der Waals surface area contributed by atoms with Gasteiger partial charge in [-0.05, 0) is 62.8 Å². The van der Waals surface area contributed by atoms with Gasteiger partial charge in [0, 0.05) is 53.6 Å². The van der Waals surface area contributed by atoms with Crippen LogP contribution < -0.4 is 4.74 Å². The molecule has 0 saturated heterocycles. The van der Waals surface area contributed by atoms with Gasteiger partial charge in [-0.15, -0.1) is 34.8 Å². The first-order valence-electron chi connectivity index (χ1n) is 11.9. The number of Topliss-reactive ketones (excluding diaryl/α,β-unsaturated/α-hetero) is 3. The number of hydrogen-bond acceptors (Lipinski definition) is 5. The number of unbranched alkanes of at least 4 members (excludes halogenated alkanes) is 3. The topological polar surface area (TPSA) is 60.4 Å². The number of hydrogen-bond donors (Lipinski definition) is 0. The molecule has 0 fully saturated rings. The number of ether oxygens (including phenoxy) is 1. The number of alkyl halides is 3. The number of rotatable bonds is 15. The van der Waals surface area contributed by atoms with E-state index in [1.54, 1.807) is 24.3 Å². The second kappa shape index (κ2) is 14.3. The molecule has 188 valence electrons. The zero-order chi connectivity index (χ0) is 25.2. The molecular formula is C27H29Cl3O4S. The summed E-state index contributed by atoms with van der Waals surface area (Å²) in [6.07, 6.45) is 5.44. The average Bonchev–Trinajstić information content (AvgIpc) is 2.86. The van der Waals surface area contributed by atoms with Gasteiger partial charge in [-0.1, -0.05) is 17.8 Å². The largest absolute Gasteiger partial charge is 0.455 e. The van der Waals surface area contributed by atoms with E-state index in [1.807, 2.05) is 6.07 Å². The molecule has 0 atom stereocenters. The van der Waals surface area contributed by atoms with Crippen molar-refractivity contribution in [3.63, 3.8) is 0 Å². The molecule has 0 unspecified atom stereocenters. The number of ketones is 3. The van der Waals surface area contributed by atoms with Crippen molar-refractivity contribution in [1.82, 2.24) is 0 Å². The highest BCUT2D eigenvalue weighted by atomic mass is 35.5. The van der Waals surface area contributed by atoms with Crippen LogP contribution in [0.15, 0.2) is 40.1 Å². The normalized spacial score (nSPS) is 12.0. The van der Waals surface area contributed by atoms with Crippen molar-refractivity contribution in [2.45, 2.75) is 67.6 Å². The first-order valence-corrected chi connectivity index (χ1v) is 14.4. The molecule has 0 N–H and O–H groups in total. The third-order valence-corrected chi connectivity index (χ3v) is 7.73. The average molecular weight is 556 g/mol. The van der Waals surface area contributed by atoms with Gasteiger partial charge in [-0.2, -0.15) is 0 Å². The van der Waals surface area contributed by atoms with Crippen LogP contribution in [0.25, 0.3) is 0 Å². The molecule has 0 amide bonds. The number of benzene rings is 2. The maximum absolute atomic E-state index is 13.3. The maximum atomic E-state index is 13.3. The van der Waals surface area contributed by atoms with Gasteiger partial charge < -0.3 is 4.74 Å². The predicted octanol–water partition coefficient (Wildman–Crippen LogP) is 8.72. The molecule has 4 nitrogen and oxygen atoms in total.